The minimum absolute atomic E-state index is 0.0428. The first-order valence-corrected chi connectivity index (χ1v) is 8.47. The molecule has 0 bridgehead atoms. The molecule has 0 fully saturated rings. The lowest BCUT2D eigenvalue weighted by Gasteiger charge is -2.08. The highest BCUT2D eigenvalue weighted by Gasteiger charge is 2.11. The topological polar surface area (TPSA) is 64.4 Å². The molecule has 0 saturated heterocycles. The fraction of sp³-hybridized carbons (Fsp3) is 0.300. The van der Waals surface area contributed by atoms with Crippen LogP contribution in [0.4, 0.5) is 5.69 Å². The van der Waals surface area contributed by atoms with Gasteiger partial charge in [-0.25, -0.2) is 4.98 Å². The molecule has 1 N–H and O–H groups in total. The van der Waals surface area contributed by atoms with Crippen molar-refractivity contribution < 1.29 is 13.9 Å². The van der Waals surface area contributed by atoms with E-state index in [4.69, 9.17) is 9.15 Å². The molecular formula is C20H22N2O3. The number of anilines is 1. The molecule has 0 unspecified atom stereocenters. The molecular weight excluding hydrogens is 316 g/mol. The highest BCUT2D eigenvalue weighted by molar-refractivity contribution is 5.93. The summed E-state index contributed by atoms with van der Waals surface area (Å²) in [5.74, 6) is 1.39. The second kappa shape index (κ2) is 7.38. The number of fused-ring (bicyclic) bond motifs is 1. The Kier molecular flexibility index (Phi) is 5.03. The van der Waals surface area contributed by atoms with Gasteiger partial charge in [0.05, 0.1) is 0 Å². The van der Waals surface area contributed by atoms with E-state index in [0.29, 0.717) is 22.9 Å². The molecule has 1 amide bonds. The summed E-state index contributed by atoms with van der Waals surface area (Å²) in [7, 11) is 0. The van der Waals surface area contributed by atoms with E-state index in [9.17, 15) is 4.79 Å². The van der Waals surface area contributed by atoms with Crippen LogP contribution >= 0.6 is 0 Å². The van der Waals surface area contributed by atoms with Crippen LogP contribution in [-0.2, 0) is 11.2 Å². The summed E-state index contributed by atoms with van der Waals surface area (Å²) >= 11 is 0. The van der Waals surface area contributed by atoms with Crippen LogP contribution in [0.1, 0.15) is 38.1 Å². The Morgan fingerprint density at radius 3 is 2.84 bits per heavy atom. The zero-order chi connectivity index (χ0) is 17.8. The molecule has 2 aromatic carbocycles. The first kappa shape index (κ1) is 17.0. The number of hydrogen-bond donors (Lipinski definition) is 1. The molecule has 0 aliphatic rings. The van der Waals surface area contributed by atoms with Crippen LogP contribution in [0.3, 0.4) is 0 Å². The third kappa shape index (κ3) is 4.18. The average molecular weight is 338 g/mol. The van der Waals surface area contributed by atoms with Gasteiger partial charge in [-0.1, -0.05) is 32.9 Å². The molecule has 25 heavy (non-hydrogen) atoms. The van der Waals surface area contributed by atoms with Crippen molar-refractivity contribution in [1.29, 1.82) is 0 Å². The molecule has 0 aliphatic carbocycles. The molecule has 0 spiro atoms. The largest absolute Gasteiger partial charge is 0.484 e. The number of nitrogens with one attached hydrogen (secondary N) is 1. The van der Waals surface area contributed by atoms with Crippen LogP contribution in [0, 0.1) is 0 Å². The summed E-state index contributed by atoms with van der Waals surface area (Å²) in [4.78, 5) is 16.5. The van der Waals surface area contributed by atoms with Crippen molar-refractivity contribution in [2.45, 2.75) is 33.1 Å². The van der Waals surface area contributed by atoms with E-state index in [1.165, 1.54) is 5.56 Å². The summed E-state index contributed by atoms with van der Waals surface area (Å²) in [5, 5.41) is 2.82. The third-order valence-electron chi connectivity index (χ3n) is 3.86. The van der Waals surface area contributed by atoms with Crippen LogP contribution in [0.15, 0.2) is 46.9 Å². The first-order chi connectivity index (χ1) is 12.0. The van der Waals surface area contributed by atoms with Crippen molar-refractivity contribution in [1.82, 2.24) is 4.98 Å². The first-order valence-electron chi connectivity index (χ1n) is 8.47. The van der Waals surface area contributed by atoms with Crippen molar-refractivity contribution in [2.75, 3.05) is 11.9 Å². The lowest BCUT2D eigenvalue weighted by molar-refractivity contribution is -0.118. The van der Waals surface area contributed by atoms with Crippen LogP contribution in [-0.4, -0.2) is 17.5 Å². The maximum absolute atomic E-state index is 12.1. The van der Waals surface area contributed by atoms with Gasteiger partial charge in [0.1, 0.15) is 11.3 Å². The van der Waals surface area contributed by atoms with Gasteiger partial charge < -0.3 is 14.5 Å². The molecule has 5 heteroatoms. The zero-order valence-electron chi connectivity index (χ0n) is 14.7. The summed E-state index contributed by atoms with van der Waals surface area (Å²) in [5.41, 5.74) is 3.29. The molecule has 0 radical (unpaired) electrons. The molecule has 130 valence electrons. The number of ether oxygens (including phenoxy) is 1. The minimum atomic E-state index is -0.218. The third-order valence-corrected chi connectivity index (χ3v) is 3.86. The predicted octanol–water partition coefficient (Wildman–Crippen LogP) is 4.53. The van der Waals surface area contributed by atoms with Gasteiger partial charge in [0.15, 0.2) is 18.1 Å². The number of carbonyl (C=O) groups is 1. The van der Waals surface area contributed by atoms with E-state index < -0.39 is 0 Å². The number of amides is 1. The second-order valence-corrected chi connectivity index (χ2v) is 6.23. The highest BCUT2D eigenvalue weighted by Crippen LogP contribution is 2.24. The van der Waals surface area contributed by atoms with E-state index in [1.807, 2.05) is 50.2 Å². The van der Waals surface area contributed by atoms with Crippen LogP contribution in [0.5, 0.6) is 5.75 Å². The van der Waals surface area contributed by atoms with E-state index in [1.54, 1.807) is 6.07 Å². The SMILES string of the molecule is CCc1cccc(OCC(=O)Nc2ccc3nc(C(C)C)oc3c2)c1. The fourth-order valence-electron chi connectivity index (χ4n) is 2.47. The van der Waals surface area contributed by atoms with Gasteiger partial charge in [-0.15, -0.1) is 0 Å². The zero-order valence-corrected chi connectivity index (χ0v) is 14.7. The monoisotopic (exact) mass is 338 g/mol. The fourth-order valence-corrected chi connectivity index (χ4v) is 2.47. The Bertz CT molecular complexity index is 884. The number of nitrogens with zero attached hydrogens (tertiary/aromatic N) is 1. The van der Waals surface area contributed by atoms with Crippen molar-refractivity contribution in [3.05, 3.63) is 53.9 Å². The quantitative estimate of drug-likeness (QED) is 0.717. The Balaban J connectivity index is 1.63. The van der Waals surface area contributed by atoms with Gasteiger partial charge >= 0.3 is 0 Å². The highest BCUT2D eigenvalue weighted by atomic mass is 16.5. The number of carbonyl (C=O) groups excluding carboxylic acids is 1. The summed E-state index contributed by atoms with van der Waals surface area (Å²) in [6, 6.07) is 13.2. The lowest BCUT2D eigenvalue weighted by Crippen LogP contribution is -2.20. The average Bonchev–Trinajstić information content (AvgIpc) is 3.04. The van der Waals surface area contributed by atoms with Gasteiger partial charge in [-0.05, 0) is 36.2 Å². The van der Waals surface area contributed by atoms with Crippen LogP contribution in [0.25, 0.3) is 11.1 Å². The van der Waals surface area contributed by atoms with Crippen LogP contribution < -0.4 is 10.1 Å². The molecule has 1 heterocycles. The van der Waals surface area contributed by atoms with Crippen molar-refractivity contribution in [2.24, 2.45) is 0 Å². The normalized spacial score (nSPS) is 11.0. The summed E-state index contributed by atoms with van der Waals surface area (Å²) in [6.07, 6.45) is 0.930. The van der Waals surface area contributed by atoms with Gasteiger partial charge in [-0.2, -0.15) is 0 Å². The van der Waals surface area contributed by atoms with Crippen molar-refractivity contribution in [3.8, 4) is 5.75 Å². The van der Waals surface area contributed by atoms with Gasteiger partial charge in [0.2, 0.25) is 0 Å². The number of hydrogen-bond acceptors (Lipinski definition) is 4. The van der Waals surface area contributed by atoms with E-state index in [0.717, 1.165) is 11.9 Å². The number of oxazole rings is 1. The van der Waals surface area contributed by atoms with Crippen molar-refractivity contribution >= 4 is 22.7 Å². The maximum Gasteiger partial charge on any atom is 0.262 e. The van der Waals surface area contributed by atoms with E-state index >= 15 is 0 Å². The maximum atomic E-state index is 12.1. The minimum Gasteiger partial charge on any atom is -0.484 e. The van der Waals surface area contributed by atoms with Gasteiger partial charge in [-0.3, -0.25) is 4.79 Å². The smallest absolute Gasteiger partial charge is 0.262 e. The second-order valence-electron chi connectivity index (χ2n) is 6.23. The van der Waals surface area contributed by atoms with Gasteiger partial charge in [0, 0.05) is 17.7 Å². The Hall–Kier alpha value is -2.82. The molecule has 1 aromatic heterocycles. The molecule has 0 atom stereocenters. The number of benzene rings is 2. The van der Waals surface area contributed by atoms with E-state index in [2.05, 4.69) is 17.2 Å². The number of aryl methyl sites for hydroxylation is 1. The Morgan fingerprint density at radius 1 is 1.24 bits per heavy atom. The molecule has 3 aromatic rings. The molecule has 5 nitrogen and oxygen atoms in total. The summed E-state index contributed by atoms with van der Waals surface area (Å²) in [6.45, 7) is 6.09. The molecule has 0 saturated carbocycles. The predicted molar refractivity (Wildman–Crippen MR) is 98.0 cm³/mol. The lowest BCUT2D eigenvalue weighted by atomic mass is 10.2. The van der Waals surface area contributed by atoms with Crippen molar-refractivity contribution in [3.63, 3.8) is 0 Å². The van der Waals surface area contributed by atoms with Crippen LogP contribution in [0.2, 0.25) is 0 Å². The number of aromatic nitrogens is 1. The standard InChI is InChI=1S/C20H22N2O3/c1-4-14-6-5-7-16(10-14)24-12-19(23)21-15-8-9-17-18(11-15)25-20(22-17)13(2)3/h5-11,13H,4,12H2,1-3H3,(H,21,23). The molecule has 3 rings (SSSR count). The van der Waals surface area contributed by atoms with E-state index in [-0.39, 0.29) is 18.4 Å². The Morgan fingerprint density at radius 2 is 2.08 bits per heavy atom. The Labute approximate surface area is 147 Å². The van der Waals surface area contributed by atoms with Gasteiger partial charge in [0.25, 0.3) is 5.91 Å². The number of rotatable bonds is 6. The summed E-state index contributed by atoms with van der Waals surface area (Å²) < 4.78 is 11.3. The molecule has 0 aliphatic heterocycles.